The molecule has 0 aromatic carbocycles. The lowest BCUT2D eigenvalue weighted by atomic mass is 10.0. The molecular formula is C14H24N4. The topological polar surface area (TPSA) is 33.1 Å². The first-order chi connectivity index (χ1) is 8.88. The van der Waals surface area contributed by atoms with Gasteiger partial charge in [0.2, 0.25) is 0 Å². The SMILES string of the molecule is CCN1CCCC(n2cncc2C2CCNC2)C1. The highest BCUT2D eigenvalue weighted by Gasteiger charge is 2.26. The Morgan fingerprint density at radius 3 is 3.17 bits per heavy atom. The van der Waals surface area contributed by atoms with Gasteiger partial charge in [-0.3, -0.25) is 0 Å². The van der Waals surface area contributed by atoms with Crippen molar-refractivity contribution in [2.75, 3.05) is 32.7 Å². The second-order valence-corrected chi connectivity index (χ2v) is 5.60. The van der Waals surface area contributed by atoms with Gasteiger partial charge < -0.3 is 14.8 Å². The summed E-state index contributed by atoms with van der Waals surface area (Å²) in [5.74, 6) is 0.671. The molecule has 3 heterocycles. The molecule has 2 aliphatic heterocycles. The molecule has 1 N–H and O–H groups in total. The minimum atomic E-state index is 0.636. The van der Waals surface area contributed by atoms with Crippen LogP contribution >= 0.6 is 0 Å². The summed E-state index contributed by atoms with van der Waals surface area (Å²) in [5, 5.41) is 3.46. The zero-order chi connectivity index (χ0) is 12.4. The maximum atomic E-state index is 4.41. The zero-order valence-corrected chi connectivity index (χ0v) is 11.3. The fourth-order valence-corrected chi connectivity index (χ4v) is 3.39. The van der Waals surface area contributed by atoms with E-state index in [1.165, 1.54) is 44.6 Å². The van der Waals surface area contributed by atoms with Crippen LogP contribution in [0.5, 0.6) is 0 Å². The van der Waals surface area contributed by atoms with Crippen LogP contribution in [0, 0.1) is 0 Å². The summed E-state index contributed by atoms with van der Waals surface area (Å²) in [5.41, 5.74) is 1.45. The van der Waals surface area contributed by atoms with Gasteiger partial charge in [0, 0.05) is 36.9 Å². The monoisotopic (exact) mass is 248 g/mol. The maximum Gasteiger partial charge on any atom is 0.0951 e. The number of piperidine rings is 1. The second kappa shape index (κ2) is 5.41. The molecule has 1 aromatic rings. The van der Waals surface area contributed by atoms with Gasteiger partial charge >= 0.3 is 0 Å². The van der Waals surface area contributed by atoms with Crippen LogP contribution in [0.1, 0.15) is 43.8 Å². The highest BCUT2D eigenvalue weighted by atomic mass is 15.2. The van der Waals surface area contributed by atoms with Crippen molar-refractivity contribution < 1.29 is 0 Å². The fraction of sp³-hybridized carbons (Fsp3) is 0.786. The van der Waals surface area contributed by atoms with Crippen LogP contribution in [0.15, 0.2) is 12.5 Å². The molecule has 0 aliphatic carbocycles. The lowest BCUT2D eigenvalue weighted by molar-refractivity contribution is 0.182. The van der Waals surface area contributed by atoms with Crippen molar-refractivity contribution in [1.82, 2.24) is 19.8 Å². The average Bonchev–Trinajstić information content (AvgIpc) is 3.09. The van der Waals surface area contributed by atoms with Crippen molar-refractivity contribution in [2.24, 2.45) is 0 Å². The minimum absolute atomic E-state index is 0.636. The first-order valence-electron chi connectivity index (χ1n) is 7.33. The van der Waals surface area contributed by atoms with E-state index in [1.54, 1.807) is 0 Å². The summed E-state index contributed by atoms with van der Waals surface area (Å²) < 4.78 is 2.46. The molecule has 4 nitrogen and oxygen atoms in total. The van der Waals surface area contributed by atoms with E-state index in [2.05, 4.69) is 39.2 Å². The molecule has 0 radical (unpaired) electrons. The number of hydrogen-bond acceptors (Lipinski definition) is 3. The number of hydrogen-bond donors (Lipinski definition) is 1. The van der Waals surface area contributed by atoms with Crippen LogP contribution in [0.25, 0.3) is 0 Å². The summed E-state index contributed by atoms with van der Waals surface area (Å²) in [4.78, 5) is 6.97. The number of rotatable bonds is 3. The van der Waals surface area contributed by atoms with Gasteiger partial charge in [0.1, 0.15) is 0 Å². The number of likely N-dealkylation sites (tertiary alicyclic amines) is 1. The maximum absolute atomic E-state index is 4.41. The van der Waals surface area contributed by atoms with Crippen LogP contribution in [0.3, 0.4) is 0 Å². The molecule has 2 atom stereocenters. The summed E-state index contributed by atoms with van der Waals surface area (Å²) >= 11 is 0. The predicted octanol–water partition coefficient (Wildman–Crippen LogP) is 1.62. The second-order valence-electron chi connectivity index (χ2n) is 5.60. The normalized spacial score (nSPS) is 29.8. The van der Waals surface area contributed by atoms with Gasteiger partial charge in [0.25, 0.3) is 0 Å². The van der Waals surface area contributed by atoms with Gasteiger partial charge in [-0.25, -0.2) is 4.98 Å². The third-order valence-corrected chi connectivity index (χ3v) is 4.50. The van der Waals surface area contributed by atoms with E-state index in [0.717, 1.165) is 13.1 Å². The first kappa shape index (κ1) is 12.2. The summed E-state index contributed by atoms with van der Waals surface area (Å²) in [6, 6.07) is 0.636. The predicted molar refractivity (Wildman–Crippen MR) is 72.8 cm³/mol. The van der Waals surface area contributed by atoms with Gasteiger partial charge in [0.05, 0.1) is 6.33 Å². The number of nitrogens with one attached hydrogen (secondary N) is 1. The Kier molecular flexibility index (Phi) is 3.66. The molecule has 2 fully saturated rings. The molecular weight excluding hydrogens is 224 g/mol. The van der Waals surface area contributed by atoms with Crippen molar-refractivity contribution in [2.45, 2.75) is 38.1 Å². The molecule has 100 valence electrons. The van der Waals surface area contributed by atoms with E-state index in [9.17, 15) is 0 Å². The third-order valence-electron chi connectivity index (χ3n) is 4.50. The number of imidazole rings is 1. The van der Waals surface area contributed by atoms with E-state index >= 15 is 0 Å². The van der Waals surface area contributed by atoms with Crippen molar-refractivity contribution in [3.05, 3.63) is 18.2 Å². The largest absolute Gasteiger partial charge is 0.330 e. The molecule has 1 aromatic heterocycles. The Morgan fingerprint density at radius 1 is 1.44 bits per heavy atom. The van der Waals surface area contributed by atoms with E-state index in [4.69, 9.17) is 0 Å². The van der Waals surface area contributed by atoms with Crippen LogP contribution in [0.2, 0.25) is 0 Å². The van der Waals surface area contributed by atoms with Gasteiger partial charge in [0.15, 0.2) is 0 Å². The zero-order valence-electron chi connectivity index (χ0n) is 11.3. The molecule has 0 amide bonds. The lowest BCUT2D eigenvalue weighted by Gasteiger charge is -2.33. The van der Waals surface area contributed by atoms with Crippen LogP contribution in [-0.2, 0) is 0 Å². The van der Waals surface area contributed by atoms with Crippen molar-refractivity contribution in [1.29, 1.82) is 0 Å². The van der Waals surface area contributed by atoms with Crippen LogP contribution in [-0.4, -0.2) is 47.2 Å². The Labute approximate surface area is 109 Å². The standard InChI is InChI=1S/C14H24N4/c1-2-17-7-3-4-13(10-17)18-11-16-9-14(18)12-5-6-15-8-12/h9,11-13,15H,2-8,10H2,1H3. The van der Waals surface area contributed by atoms with E-state index in [0.29, 0.717) is 12.0 Å². The molecule has 3 rings (SSSR count). The molecule has 4 heteroatoms. The van der Waals surface area contributed by atoms with E-state index < -0.39 is 0 Å². The Morgan fingerprint density at radius 2 is 2.39 bits per heavy atom. The molecule has 0 saturated carbocycles. The van der Waals surface area contributed by atoms with Gasteiger partial charge in [-0.15, -0.1) is 0 Å². The van der Waals surface area contributed by atoms with Crippen molar-refractivity contribution in [3.8, 4) is 0 Å². The minimum Gasteiger partial charge on any atom is -0.330 e. The molecule has 2 saturated heterocycles. The summed E-state index contributed by atoms with van der Waals surface area (Å²) in [6.45, 7) is 8.17. The quantitative estimate of drug-likeness (QED) is 0.882. The van der Waals surface area contributed by atoms with Crippen LogP contribution < -0.4 is 5.32 Å². The highest BCUT2D eigenvalue weighted by Crippen LogP contribution is 2.28. The molecule has 2 aliphatic rings. The highest BCUT2D eigenvalue weighted by molar-refractivity contribution is 5.11. The third kappa shape index (κ3) is 2.31. The Hall–Kier alpha value is -0.870. The average molecular weight is 248 g/mol. The van der Waals surface area contributed by atoms with Crippen molar-refractivity contribution in [3.63, 3.8) is 0 Å². The lowest BCUT2D eigenvalue weighted by Crippen LogP contribution is -2.36. The fourth-order valence-electron chi connectivity index (χ4n) is 3.39. The van der Waals surface area contributed by atoms with Gasteiger partial charge in [-0.2, -0.15) is 0 Å². The molecule has 18 heavy (non-hydrogen) atoms. The molecule has 0 spiro atoms. The Balaban J connectivity index is 1.77. The van der Waals surface area contributed by atoms with Gasteiger partial charge in [-0.1, -0.05) is 6.92 Å². The molecule has 2 unspecified atom stereocenters. The van der Waals surface area contributed by atoms with Crippen molar-refractivity contribution >= 4 is 0 Å². The smallest absolute Gasteiger partial charge is 0.0951 e. The summed E-state index contributed by atoms with van der Waals surface area (Å²) in [7, 11) is 0. The number of nitrogens with zero attached hydrogens (tertiary/aromatic N) is 3. The number of aromatic nitrogens is 2. The number of likely N-dealkylation sites (N-methyl/N-ethyl adjacent to an activating group) is 1. The first-order valence-corrected chi connectivity index (χ1v) is 7.33. The Bertz CT molecular complexity index is 381. The molecule has 0 bridgehead atoms. The van der Waals surface area contributed by atoms with E-state index in [-0.39, 0.29) is 0 Å². The van der Waals surface area contributed by atoms with Crippen LogP contribution in [0.4, 0.5) is 0 Å². The van der Waals surface area contributed by atoms with Gasteiger partial charge in [-0.05, 0) is 38.9 Å². The summed E-state index contributed by atoms with van der Waals surface area (Å²) in [6.07, 6.45) is 8.02. The van der Waals surface area contributed by atoms with E-state index in [1.807, 2.05) is 0 Å².